The Bertz CT molecular complexity index is 834. The number of thiocarbonyl (C=S) groups is 1. The van der Waals surface area contributed by atoms with Gasteiger partial charge in [-0.1, -0.05) is 24.3 Å². The summed E-state index contributed by atoms with van der Waals surface area (Å²) < 4.78 is 10.9. The molecule has 5 nitrogen and oxygen atoms in total. The largest absolute Gasteiger partial charge is 0.493 e. The average Bonchev–Trinajstić information content (AvgIpc) is 2.90. The highest BCUT2D eigenvalue weighted by molar-refractivity contribution is 7.80. The molecule has 1 aliphatic rings. The molecule has 1 N–H and O–H groups in total. The van der Waals surface area contributed by atoms with Crippen LogP contribution in [0.4, 0.5) is 5.69 Å². The van der Waals surface area contributed by atoms with E-state index in [-0.39, 0.29) is 5.91 Å². The lowest BCUT2D eigenvalue weighted by Gasteiger charge is -2.13. The van der Waals surface area contributed by atoms with Crippen LogP contribution in [0.25, 0.3) is 6.08 Å². The summed E-state index contributed by atoms with van der Waals surface area (Å²) >= 11 is 5.31. The van der Waals surface area contributed by atoms with Crippen molar-refractivity contribution < 1.29 is 14.3 Å². The Labute approximate surface area is 151 Å². The normalized spacial score (nSPS) is 15.4. The number of methoxy groups -OCH3 is 1. The first-order valence-corrected chi connectivity index (χ1v) is 8.28. The van der Waals surface area contributed by atoms with Crippen LogP contribution in [0.1, 0.15) is 12.5 Å². The lowest BCUT2D eigenvalue weighted by molar-refractivity contribution is -0.113. The van der Waals surface area contributed by atoms with Gasteiger partial charge in [0.05, 0.1) is 19.4 Å². The summed E-state index contributed by atoms with van der Waals surface area (Å²) in [5.41, 5.74) is 1.96. The van der Waals surface area contributed by atoms with E-state index in [0.717, 1.165) is 11.3 Å². The molecule has 0 unspecified atom stereocenters. The lowest BCUT2D eigenvalue weighted by Crippen LogP contribution is -2.30. The number of hydrogen-bond donors (Lipinski definition) is 1. The first-order valence-electron chi connectivity index (χ1n) is 7.87. The second-order valence-electron chi connectivity index (χ2n) is 5.31. The number of amides is 1. The van der Waals surface area contributed by atoms with E-state index in [2.05, 4.69) is 5.32 Å². The Morgan fingerprint density at radius 1 is 1.16 bits per heavy atom. The third-order valence-corrected chi connectivity index (χ3v) is 3.98. The maximum atomic E-state index is 12.7. The molecule has 1 heterocycles. The lowest BCUT2D eigenvalue weighted by atomic mass is 10.1. The van der Waals surface area contributed by atoms with Crippen molar-refractivity contribution >= 4 is 35.0 Å². The minimum absolute atomic E-state index is 0.191. The molecule has 0 bridgehead atoms. The molecule has 1 fully saturated rings. The average molecular weight is 354 g/mol. The minimum Gasteiger partial charge on any atom is -0.493 e. The van der Waals surface area contributed by atoms with Gasteiger partial charge in [-0.25, -0.2) is 0 Å². The van der Waals surface area contributed by atoms with Crippen LogP contribution in [-0.4, -0.2) is 24.7 Å². The summed E-state index contributed by atoms with van der Waals surface area (Å²) in [6, 6.07) is 14.8. The standard InChI is InChI=1S/C19H18N2O3S/c1-3-24-16-10-9-13(12-17(16)23-2)11-15-18(22)21(19(25)20-15)14-7-5-4-6-8-14/h4-12H,3H2,1-2H3,(H,20,25). The molecule has 3 rings (SSSR count). The smallest absolute Gasteiger partial charge is 0.281 e. The van der Waals surface area contributed by atoms with Crippen molar-refractivity contribution in [1.29, 1.82) is 0 Å². The Morgan fingerprint density at radius 2 is 1.92 bits per heavy atom. The zero-order valence-corrected chi connectivity index (χ0v) is 14.8. The summed E-state index contributed by atoms with van der Waals surface area (Å²) in [6.45, 7) is 2.46. The fraction of sp³-hybridized carbons (Fsp3) is 0.158. The molecule has 25 heavy (non-hydrogen) atoms. The van der Waals surface area contributed by atoms with E-state index in [4.69, 9.17) is 21.7 Å². The summed E-state index contributed by atoms with van der Waals surface area (Å²) in [4.78, 5) is 14.2. The Morgan fingerprint density at radius 3 is 2.60 bits per heavy atom. The molecule has 6 heteroatoms. The van der Waals surface area contributed by atoms with Gasteiger partial charge in [0.2, 0.25) is 0 Å². The van der Waals surface area contributed by atoms with Gasteiger partial charge >= 0.3 is 0 Å². The molecule has 0 saturated carbocycles. The summed E-state index contributed by atoms with van der Waals surface area (Å²) in [6.07, 6.45) is 1.75. The number of carbonyl (C=O) groups excluding carboxylic acids is 1. The van der Waals surface area contributed by atoms with Crippen LogP contribution in [0.5, 0.6) is 11.5 Å². The van der Waals surface area contributed by atoms with Crippen molar-refractivity contribution in [3.05, 3.63) is 59.8 Å². The van der Waals surface area contributed by atoms with Crippen LogP contribution in [-0.2, 0) is 4.79 Å². The van der Waals surface area contributed by atoms with E-state index in [0.29, 0.717) is 28.9 Å². The van der Waals surface area contributed by atoms with Gasteiger partial charge in [0, 0.05) is 0 Å². The molecule has 1 saturated heterocycles. The molecule has 1 aliphatic heterocycles. The zero-order chi connectivity index (χ0) is 17.8. The number of nitrogens with one attached hydrogen (secondary N) is 1. The number of anilines is 1. The van der Waals surface area contributed by atoms with Crippen LogP contribution in [0, 0.1) is 0 Å². The molecule has 2 aromatic rings. The Kier molecular flexibility index (Phi) is 5.00. The molecular formula is C19H18N2O3S. The summed E-state index contributed by atoms with van der Waals surface area (Å²) in [7, 11) is 1.58. The highest BCUT2D eigenvalue weighted by Gasteiger charge is 2.31. The molecule has 0 aromatic heterocycles. The van der Waals surface area contributed by atoms with Crippen molar-refractivity contribution in [2.75, 3.05) is 18.6 Å². The van der Waals surface area contributed by atoms with E-state index in [1.165, 1.54) is 4.90 Å². The van der Waals surface area contributed by atoms with E-state index < -0.39 is 0 Å². The van der Waals surface area contributed by atoms with Gasteiger partial charge in [-0.15, -0.1) is 0 Å². The number of benzene rings is 2. The van der Waals surface area contributed by atoms with Crippen LogP contribution in [0.2, 0.25) is 0 Å². The number of hydrogen-bond acceptors (Lipinski definition) is 4. The van der Waals surface area contributed by atoms with Crippen molar-refractivity contribution in [2.45, 2.75) is 6.92 Å². The fourth-order valence-corrected chi connectivity index (χ4v) is 2.86. The predicted molar refractivity (Wildman–Crippen MR) is 102 cm³/mol. The molecule has 0 atom stereocenters. The van der Waals surface area contributed by atoms with Gasteiger partial charge in [-0.05, 0) is 55.0 Å². The third-order valence-electron chi connectivity index (χ3n) is 3.69. The number of nitrogens with zero attached hydrogens (tertiary/aromatic N) is 1. The van der Waals surface area contributed by atoms with Gasteiger partial charge in [-0.3, -0.25) is 9.69 Å². The second-order valence-corrected chi connectivity index (χ2v) is 5.69. The topological polar surface area (TPSA) is 50.8 Å². The van der Waals surface area contributed by atoms with Crippen molar-refractivity contribution in [1.82, 2.24) is 5.32 Å². The van der Waals surface area contributed by atoms with Gasteiger partial charge in [-0.2, -0.15) is 0 Å². The van der Waals surface area contributed by atoms with Gasteiger partial charge in [0.15, 0.2) is 16.6 Å². The summed E-state index contributed by atoms with van der Waals surface area (Å²) in [5, 5.41) is 3.34. The van der Waals surface area contributed by atoms with Crippen LogP contribution < -0.4 is 19.7 Å². The highest BCUT2D eigenvalue weighted by atomic mass is 32.1. The molecule has 128 valence electrons. The van der Waals surface area contributed by atoms with Crippen molar-refractivity contribution in [2.24, 2.45) is 0 Å². The molecular weight excluding hydrogens is 336 g/mol. The second kappa shape index (κ2) is 7.36. The maximum Gasteiger partial charge on any atom is 0.281 e. The number of ether oxygens (including phenoxy) is 2. The third kappa shape index (κ3) is 3.49. The van der Waals surface area contributed by atoms with E-state index in [1.54, 1.807) is 13.2 Å². The van der Waals surface area contributed by atoms with E-state index >= 15 is 0 Å². The first kappa shape index (κ1) is 17.0. The molecule has 0 aliphatic carbocycles. The number of para-hydroxylation sites is 1. The van der Waals surface area contributed by atoms with Gasteiger partial charge in [0.1, 0.15) is 5.70 Å². The zero-order valence-electron chi connectivity index (χ0n) is 14.0. The van der Waals surface area contributed by atoms with Gasteiger partial charge in [0.25, 0.3) is 5.91 Å². The molecule has 0 spiro atoms. The van der Waals surface area contributed by atoms with Crippen LogP contribution in [0.3, 0.4) is 0 Å². The quantitative estimate of drug-likeness (QED) is 0.659. The SMILES string of the molecule is CCOc1ccc(C=C2NC(=S)N(c3ccccc3)C2=O)cc1OC. The monoisotopic (exact) mass is 354 g/mol. The Balaban J connectivity index is 1.90. The Hall–Kier alpha value is -2.86. The molecule has 1 amide bonds. The predicted octanol–water partition coefficient (Wildman–Crippen LogP) is 3.36. The maximum absolute atomic E-state index is 12.7. The number of carbonyl (C=O) groups is 1. The fourth-order valence-electron chi connectivity index (χ4n) is 2.56. The minimum atomic E-state index is -0.191. The van der Waals surface area contributed by atoms with Crippen molar-refractivity contribution in [3.8, 4) is 11.5 Å². The van der Waals surface area contributed by atoms with Gasteiger partial charge < -0.3 is 14.8 Å². The molecule has 2 aromatic carbocycles. The van der Waals surface area contributed by atoms with E-state index in [9.17, 15) is 4.79 Å². The van der Waals surface area contributed by atoms with Crippen LogP contribution >= 0.6 is 12.2 Å². The summed E-state index contributed by atoms with van der Waals surface area (Å²) in [5.74, 6) is 1.09. The highest BCUT2D eigenvalue weighted by Crippen LogP contribution is 2.29. The van der Waals surface area contributed by atoms with E-state index in [1.807, 2.05) is 55.5 Å². The van der Waals surface area contributed by atoms with Crippen molar-refractivity contribution in [3.63, 3.8) is 0 Å². The van der Waals surface area contributed by atoms with Crippen LogP contribution in [0.15, 0.2) is 54.2 Å². The first-order chi connectivity index (χ1) is 12.1. The number of rotatable bonds is 5. The molecule has 0 radical (unpaired) electrons.